The largest absolute Gasteiger partial charge is 0.352 e. The molecule has 3 amide bonds. The second kappa shape index (κ2) is 10.2. The lowest BCUT2D eigenvalue weighted by Gasteiger charge is -2.35. The Morgan fingerprint density at radius 1 is 1.00 bits per heavy atom. The van der Waals surface area contributed by atoms with Crippen molar-refractivity contribution in [3.05, 3.63) is 29.8 Å². The van der Waals surface area contributed by atoms with Crippen molar-refractivity contribution in [3.8, 4) is 0 Å². The molecular weight excluding hydrogens is 356 g/mol. The lowest BCUT2D eigenvalue weighted by Crippen LogP contribution is -2.51. The molecule has 154 valence electrons. The predicted molar refractivity (Wildman–Crippen MR) is 110 cm³/mol. The number of carbonyl (C=O) groups is 3. The Balaban J connectivity index is 1.89. The van der Waals surface area contributed by atoms with E-state index in [9.17, 15) is 14.4 Å². The highest BCUT2D eigenvalue weighted by Crippen LogP contribution is 2.15. The van der Waals surface area contributed by atoms with E-state index in [1.165, 1.54) is 0 Å². The summed E-state index contributed by atoms with van der Waals surface area (Å²) in [6.07, 6.45) is 0. The Hall–Kier alpha value is -2.41. The van der Waals surface area contributed by atoms with Crippen LogP contribution in [0.5, 0.6) is 0 Å². The van der Waals surface area contributed by atoms with Gasteiger partial charge in [0.05, 0.1) is 17.8 Å². The average molecular weight is 389 g/mol. The Morgan fingerprint density at radius 3 is 2.25 bits per heavy atom. The zero-order chi connectivity index (χ0) is 20.7. The Kier molecular flexibility index (Phi) is 7.99. The molecule has 0 aliphatic carbocycles. The standard InChI is InChI=1S/C21H32N4O3/c1-15(2)13-22-20(27)17-7-5-6-8-18(17)23-19(26)14-24-9-11-25(12-10-24)21(28)16(3)4/h5-8,15-16H,9-14H2,1-4H3,(H,22,27)(H,23,26). The Labute approximate surface area is 167 Å². The molecule has 1 saturated heterocycles. The summed E-state index contributed by atoms with van der Waals surface area (Å²) < 4.78 is 0. The first-order chi connectivity index (χ1) is 13.3. The van der Waals surface area contributed by atoms with Crippen LogP contribution in [-0.4, -0.2) is 66.8 Å². The number of hydrogen-bond acceptors (Lipinski definition) is 4. The van der Waals surface area contributed by atoms with Crippen molar-refractivity contribution in [2.24, 2.45) is 11.8 Å². The van der Waals surface area contributed by atoms with Crippen LogP contribution in [0.25, 0.3) is 0 Å². The molecule has 7 heteroatoms. The fourth-order valence-corrected chi connectivity index (χ4v) is 3.07. The Morgan fingerprint density at radius 2 is 1.64 bits per heavy atom. The zero-order valence-electron chi connectivity index (χ0n) is 17.3. The third-order valence-corrected chi connectivity index (χ3v) is 4.66. The first-order valence-electron chi connectivity index (χ1n) is 9.96. The summed E-state index contributed by atoms with van der Waals surface area (Å²) >= 11 is 0. The molecule has 0 saturated carbocycles. The summed E-state index contributed by atoms with van der Waals surface area (Å²) in [6, 6.07) is 7.03. The van der Waals surface area contributed by atoms with E-state index in [4.69, 9.17) is 0 Å². The van der Waals surface area contributed by atoms with Gasteiger partial charge in [0, 0.05) is 38.6 Å². The van der Waals surface area contributed by atoms with Gasteiger partial charge in [0.25, 0.3) is 5.91 Å². The van der Waals surface area contributed by atoms with Gasteiger partial charge in [0.1, 0.15) is 0 Å². The minimum atomic E-state index is -0.189. The van der Waals surface area contributed by atoms with Crippen molar-refractivity contribution in [2.45, 2.75) is 27.7 Å². The number of para-hydroxylation sites is 1. The van der Waals surface area contributed by atoms with Crippen molar-refractivity contribution < 1.29 is 14.4 Å². The van der Waals surface area contributed by atoms with Crippen LogP contribution in [0.4, 0.5) is 5.69 Å². The SMILES string of the molecule is CC(C)CNC(=O)c1ccccc1NC(=O)CN1CCN(C(=O)C(C)C)CC1. The molecule has 0 atom stereocenters. The number of benzene rings is 1. The number of carbonyl (C=O) groups excluding carboxylic acids is 3. The van der Waals surface area contributed by atoms with Gasteiger partial charge >= 0.3 is 0 Å². The maximum Gasteiger partial charge on any atom is 0.253 e. The maximum absolute atomic E-state index is 12.5. The van der Waals surface area contributed by atoms with E-state index in [1.807, 2.05) is 37.5 Å². The van der Waals surface area contributed by atoms with Crippen LogP contribution in [0.15, 0.2) is 24.3 Å². The zero-order valence-corrected chi connectivity index (χ0v) is 17.3. The van der Waals surface area contributed by atoms with E-state index < -0.39 is 0 Å². The molecule has 1 heterocycles. The number of nitrogens with one attached hydrogen (secondary N) is 2. The summed E-state index contributed by atoms with van der Waals surface area (Å²) in [5, 5.41) is 5.74. The highest BCUT2D eigenvalue weighted by molar-refractivity contribution is 6.04. The lowest BCUT2D eigenvalue weighted by molar-refractivity contribution is -0.136. The molecule has 2 rings (SSSR count). The number of rotatable bonds is 7. The van der Waals surface area contributed by atoms with Gasteiger partial charge in [-0.25, -0.2) is 0 Å². The van der Waals surface area contributed by atoms with Crippen LogP contribution < -0.4 is 10.6 Å². The van der Waals surface area contributed by atoms with Crippen LogP contribution in [0.1, 0.15) is 38.1 Å². The first kappa shape index (κ1) is 21.9. The van der Waals surface area contributed by atoms with Crippen molar-refractivity contribution in [3.63, 3.8) is 0 Å². The van der Waals surface area contributed by atoms with Crippen LogP contribution in [0.3, 0.4) is 0 Å². The topological polar surface area (TPSA) is 81.8 Å². The summed E-state index contributed by atoms with van der Waals surface area (Å²) in [7, 11) is 0. The molecule has 0 radical (unpaired) electrons. The van der Waals surface area contributed by atoms with E-state index in [-0.39, 0.29) is 30.2 Å². The molecular formula is C21H32N4O3. The average Bonchev–Trinajstić information content (AvgIpc) is 2.66. The van der Waals surface area contributed by atoms with Gasteiger partial charge in [0.2, 0.25) is 11.8 Å². The summed E-state index contributed by atoms with van der Waals surface area (Å²) in [6.45, 7) is 11.3. The van der Waals surface area contributed by atoms with Crippen molar-refractivity contribution >= 4 is 23.4 Å². The van der Waals surface area contributed by atoms with Crippen LogP contribution in [-0.2, 0) is 9.59 Å². The van der Waals surface area contributed by atoms with E-state index in [0.29, 0.717) is 49.9 Å². The Bertz CT molecular complexity index is 695. The quantitative estimate of drug-likeness (QED) is 0.746. The molecule has 0 spiro atoms. The number of anilines is 1. The minimum Gasteiger partial charge on any atom is -0.352 e. The number of hydrogen-bond donors (Lipinski definition) is 2. The molecule has 1 aromatic rings. The second-order valence-electron chi connectivity index (χ2n) is 7.95. The van der Waals surface area contributed by atoms with E-state index in [1.54, 1.807) is 24.3 Å². The van der Waals surface area contributed by atoms with Crippen LogP contribution in [0, 0.1) is 11.8 Å². The third kappa shape index (κ3) is 6.34. The molecule has 28 heavy (non-hydrogen) atoms. The smallest absolute Gasteiger partial charge is 0.253 e. The molecule has 1 aromatic carbocycles. The monoisotopic (exact) mass is 388 g/mol. The van der Waals surface area contributed by atoms with Crippen molar-refractivity contribution in [2.75, 3.05) is 44.6 Å². The van der Waals surface area contributed by atoms with E-state index >= 15 is 0 Å². The fraction of sp³-hybridized carbons (Fsp3) is 0.571. The lowest BCUT2D eigenvalue weighted by atomic mass is 10.1. The molecule has 7 nitrogen and oxygen atoms in total. The van der Waals surface area contributed by atoms with Gasteiger partial charge in [-0.3, -0.25) is 19.3 Å². The molecule has 1 fully saturated rings. The van der Waals surface area contributed by atoms with Crippen LogP contribution >= 0.6 is 0 Å². The van der Waals surface area contributed by atoms with Gasteiger partial charge in [-0.2, -0.15) is 0 Å². The molecule has 1 aliphatic heterocycles. The van der Waals surface area contributed by atoms with Gasteiger partial charge < -0.3 is 15.5 Å². The fourth-order valence-electron chi connectivity index (χ4n) is 3.07. The summed E-state index contributed by atoms with van der Waals surface area (Å²) in [5.41, 5.74) is 0.978. The minimum absolute atomic E-state index is 0.00630. The second-order valence-corrected chi connectivity index (χ2v) is 7.95. The molecule has 1 aliphatic rings. The highest BCUT2D eigenvalue weighted by atomic mass is 16.2. The van der Waals surface area contributed by atoms with E-state index in [0.717, 1.165) is 0 Å². The van der Waals surface area contributed by atoms with Gasteiger partial charge in [-0.15, -0.1) is 0 Å². The molecule has 0 aromatic heterocycles. The van der Waals surface area contributed by atoms with Gasteiger partial charge in [0.15, 0.2) is 0 Å². The highest BCUT2D eigenvalue weighted by Gasteiger charge is 2.24. The molecule has 0 bridgehead atoms. The van der Waals surface area contributed by atoms with E-state index in [2.05, 4.69) is 10.6 Å². The first-order valence-corrected chi connectivity index (χ1v) is 9.96. The maximum atomic E-state index is 12.5. The number of amides is 3. The van der Waals surface area contributed by atoms with Gasteiger partial charge in [-0.1, -0.05) is 39.8 Å². The van der Waals surface area contributed by atoms with Crippen LogP contribution in [0.2, 0.25) is 0 Å². The van der Waals surface area contributed by atoms with Gasteiger partial charge in [-0.05, 0) is 18.1 Å². The molecule has 0 unspecified atom stereocenters. The number of nitrogens with zero attached hydrogens (tertiary/aromatic N) is 2. The summed E-state index contributed by atoms with van der Waals surface area (Å²) in [5.74, 6) is 0.156. The molecule has 2 N–H and O–H groups in total. The van der Waals surface area contributed by atoms with Crippen molar-refractivity contribution in [1.82, 2.24) is 15.1 Å². The van der Waals surface area contributed by atoms with Crippen molar-refractivity contribution in [1.29, 1.82) is 0 Å². The normalized spacial score (nSPS) is 15.0. The summed E-state index contributed by atoms with van der Waals surface area (Å²) in [4.78, 5) is 40.8. The predicted octanol–water partition coefficient (Wildman–Crippen LogP) is 1.81. The number of piperazine rings is 1. The third-order valence-electron chi connectivity index (χ3n) is 4.66.